The van der Waals surface area contributed by atoms with Crippen molar-refractivity contribution < 1.29 is 14.2 Å². The second-order valence-electron chi connectivity index (χ2n) is 3.05. The molecule has 0 saturated heterocycles. The molecule has 1 aromatic rings. The summed E-state index contributed by atoms with van der Waals surface area (Å²) in [6.45, 7) is 0.383. The van der Waals surface area contributed by atoms with Gasteiger partial charge in [0.2, 0.25) is 0 Å². The molecule has 2 nitrogen and oxygen atoms in total. The van der Waals surface area contributed by atoms with Crippen molar-refractivity contribution in [1.29, 1.82) is 0 Å². The molecule has 0 radical (unpaired) electrons. The van der Waals surface area contributed by atoms with Gasteiger partial charge < -0.3 is 9.84 Å². The first-order valence-electron chi connectivity index (χ1n) is 4.09. The van der Waals surface area contributed by atoms with Gasteiger partial charge in [0.25, 0.3) is 0 Å². The van der Waals surface area contributed by atoms with E-state index in [9.17, 15) is 9.50 Å². The molecule has 0 aliphatic carbocycles. The molecule has 1 aliphatic heterocycles. The number of hydrogen-bond donors (Lipinski definition) is 1. The number of benzene rings is 1. The molecule has 5 heteroatoms. The van der Waals surface area contributed by atoms with Gasteiger partial charge in [-0.25, -0.2) is 4.39 Å². The molecule has 0 spiro atoms. The van der Waals surface area contributed by atoms with Crippen molar-refractivity contribution in [1.82, 2.24) is 0 Å². The number of halogens is 3. The molecule has 76 valence electrons. The molecule has 14 heavy (non-hydrogen) atoms. The van der Waals surface area contributed by atoms with Crippen LogP contribution < -0.4 is 4.74 Å². The van der Waals surface area contributed by atoms with Gasteiger partial charge in [0.15, 0.2) is 5.82 Å². The van der Waals surface area contributed by atoms with Crippen LogP contribution in [0.3, 0.4) is 0 Å². The lowest BCUT2D eigenvalue weighted by Gasteiger charge is -2.23. The van der Waals surface area contributed by atoms with Gasteiger partial charge in [0.1, 0.15) is 5.75 Å². The first kappa shape index (κ1) is 10.2. The van der Waals surface area contributed by atoms with Gasteiger partial charge in [0.05, 0.1) is 27.8 Å². The first-order valence-corrected chi connectivity index (χ1v) is 5.26. The molecule has 1 atom stereocenters. The standard InChI is InChI=1S/C9H7BrClFO2/c10-4-3-5(11)8(12)7-6(13)1-2-14-9(4)7/h3,6,13H,1-2H2/t6-/m1/s1. The predicted molar refractivity (Wildman–Crippen MR) is 54.2 cm³/mol. The molecule has 1 N–H and O–H groups in total. The van der Waals surface area contributed by atoms with Crippen molar-refractivity contribution in [3.63, 3.8) is 0 Å². The van der Waals surface area contributed by atoms with Crippen molar-refractivity contribution in [3.05, 3.63) is 26.9 Å². The molecule has 2 rings (SSSR count). The van der Waals surface area contributed by atoms with E-state index in [0.29, 0.717) is 23.2 Å². The van der Waals surface area contributed by atoms with E-state index < -0.39 is 11.9 Å². The number of ether oxygens (including phenoxy) is 1. The molecule has 0 aromatic heterocycles. The van der Waals surface area contributed by atoms with Gasteiger partial charge in [-0.15, -0.1) is 0 Å². The third-order valence-corrected chi connectivity index (χ3v) is 3.00. The summed E-state index contributed by atoms with van der Waals surface area (Å²) in [5, 5.41) is 9.58. The van der Waals surface area contributed by atoms with Crippen molar-refractivity contribution in [2.75, 3.05) is 6.61 Å². The molecular formula is C9H7BrClFO2. The van der Waals surface area contributed by atoms with E-state index >= 15 is 0 Å². The molecule has 0 amide bonds. The van der Waals surface area contributed by atoms with E-state index in [4.69, 9.17) is 16.3 Å². The molecule has 1 aliphatic rings. The third-order valence-electron chi connectivity index (χ3n) is 2.13. The Kier molecular flexibility index (Phi) is 2.68. The second-order valence-corrected chi connectivity index (χ2v) is 4.31. The average molecular weight is 282 g/mol. The minimum atomic E-state index is -0.839. The van der Waals surface area contributed by atoms with Gasteiger partial charge >= 0.3 is 0 Å². The lowest BCUT2D eigenvalue weighted by Crippen LogP contribution is -2.16. The number of hydrogen-bond acceptors (Lipinski definition) is 2. The van der Waals surface area contributed by atoms with Crippen molar-refractivity contribution in [3.8, 4) is 5.75 Å². The van der Waals surface area contributed by atoms with Crippen LogP contribution in [0.4, 0.5) is 4.39 Å². The van der Waals surface area contributed by atoms with Crippen LogP contribution in [-0.2, 0) is 0 Å². The Hall–Kier alpha value is -0.320. The van der Waals surface area contributed by atoms with Gasteiger partial charge in [-0.05, 0) is 22.0 Å². The smallest absolute Gasteiger partial charge is 0.151 e. The maximum absolute atomic E-state index is 13.5. The van der Waals surface area contributed by atoms with Gasteiger partial charge in [-0.3, -0.25) is 0 Å². The Balaban J connectivity index is 2.67. The summed E-state index contributed by atoms with van der Waals surface area (Å²) < 4.78 is 19.3. The molecule has 0 fully saturated rings. The van der Waals surface area contributed by atoms with E-state index in [1.807, 2.05) is 0 Å². The average Bonchev–Trinajstić information content (AvgIpc) is 2.14. The SMILES string of the molecule is O[C@@H]1CCOc2c(Br)cc(Cl)c(F)c21. The first-order chi connectivity index (χ1) is 6.61. The van der Waals surface area contributed by atoms with Crippen LogP contribution in [0.15, 0.2) is 10.5 Å². The Morgan fingerprint density at radius 3 is 3.07 bits per heavy atom. The van der Waals surface area contributed by atoms with E-state index in [0.717, 1.165) is 0 Å². The number of rotatable bonds is 0. The summed E-state index contributed by atoms with van der Waals surface area (Å²) in [5.41, 5.74) is 0.149. The van der Waals surface area contributed by atoms with E-state index in [-0.39, 0.29) is 10.6 Å². The van der Waals surface area contributed by atoms with Gasteiger partial charge in [-0.1, -0.05) is 11.6 Å². The molecule has 0 unspecified atom stereocenters. The highest BCUT2D eigenvalue weighted by Gasteiger charge is 2.27. The Labute approximate surface area is 93.8 Å². The second kappa shape index (κ2) is 3.68. The quantitative estimate of drug-likeness (QED) is 0.741. The zero-order valence-electron chi connectivity index (χ0n) is 7.06. The summed E-state index contributed by atoms with van der Waals surface area (Å²) in [4.78, 5) is 0. The number of aliphatic hydroxyl groups is 1. The van der Waals surface area contributed by atoms with Crippen LogP contribution in [0.5, 0.6) is 5.75 Å². The topological polar surface area (TPSA) is 29.5 Å². The lowest BCUT2D eigenvalue weighted by atomic mass is 10.0. The van der Waals surface area contributed by atoms with Crippen LogP contribution in [0.2, 0.25) is 5.02 Å². The molecule has 0 saturated carbocycles. The molecule has 0 bridgehead atoms. The van der Waals surface area contributed by atoms with Crippen molar-refractivity contribution in [2.45, 2.75) is 12.5 Å². The summed E-state index contributed by atoms with van der Waals surface area (Å²) in [7, 11) is 0. The fourth-order valence-corrected chi connectivity index (χ4v) is 2.36. The fraction of sp³-hybridized carbons (Fsp3) is 0.333. The summed E-state index contributed by atoms with van der Waals surface area (Å²) >= 11 is 8.85. The molecule has 1 aromatic carbocycles. The van der Waals surface area contributed by atoms with Gasteiger partial charge in [-0.2, -0.15) is 0 Å². The highest BCUT2D eigenvalue weighted by Crippen LogP contribution is 2.42. The zero-order chi connectivity index (χ0) is 10.3. The van der Waals surface area contributed by atoms with E-state index in [2.05, 4.69) is 15.9 Å². The summed E-state index contributed by atoms with van der Waals surface area (Å²) in [6, 6.07) is 1.42. The fourth-order valence-electron chi connectivity index (χ4n) is 1.46. The van der Waals surface area contributed by atoms with E-state index in [1.54, 1.807) is 0 Å². The maximum Gasteiger partial charge on any atom is 0.151 e. The van der Waals surface area contributed by atoms with Crippen LogP contribution in [-0.4, -0.2) is 11.7 Å². The minimum absolute atomic E-state index is 0.0137. The third kappa shape index (κ3) is 1.51. The van der Waals surface area contributed by atoms with Crippen molar-refractivity contribution in [2.24, 2.45) is 0 Å². The van der Waals surface area contributed by atoms with Crippen LogP contribution in [0, 0.1) is 5.82 Å². The molecular weight excluding hydrogens is 274 g/mol. The predicted octanol–water partition coefficient (Wildman–Crippen LogP) is 3.06. The minimum Gasteiger partial charge on any atom is -0.492 e. The zero-order valence-corrected chi connectivity index (χ0v) is 9.40. The largest absolute Gasteiger partial charge is 0.492 e. The van der Waals surface area contributed by atoms with Crippen LogP contribution in [0.25, 0.3) is 0 Å². The van der Waals surface area contributed by atoms with Crippen LogP contribution >= 0.6 is 27.5 Å². The van der Waals surface area contributed by atoms with E-state index in [1.165, 1.54) is 6.07 Å². The maximum atomic E-state index is 13.5. The van der Waals surface area contributed by atoms with Gasteiger partial charge in [0, 0.05) is 6.42 Å². The van der Waals surface area contributed by atoms with Crippen molar-refractivity contribution >= 4 is 27.5 Å². The number of aliphatic hydroxyl groups excluding tert-OH is 1. The summed E-state index contributed by atoms with van der Waals surface area (Å²) in [5.74, 6) is -0.247. The van der Waals surface area contributed by atoms with Crippen LogP contribution in [0.1, 0.15) is 18.1 Å². The normalized spacial score (nSPS) is 20.1. The number of fused-ring (bicyclic) bond motifs is 1. The summed E-state index contributed by atoms with van der Waals surface area (Å²) in [6.07, 6.45) is -0.454. The molecule has 1 heterocycles. The highest BCUT2D eigenvalue weighted by molar-refractivity contribution is 9.10. The highest BCUT2D eigenvalue weighted by atomic mass is 79.9. The Morgan fingerprint density at radius 2 is 2.36 bits per heavy atom. The Bertz CT molecular complexity index is 384. The monoisotopic (exact) mass is 280 g/mol. The Morgan fingerprint density at radius 1 is 1.64 bits per heavy atom. The lowest BCUT2D eigenvalue weighted by molar-refractivity contribution is 0.110.